The first kappa shape index (κ1) is 9.94. The number of urea groups is 1. The van der Waals surface area contributed by atoms with Gasteiger partial charge in [0.2, 0.25) is 0 Å². The Balaban J connectivity index is 4.14. The van der Waals surface area contributed by atoms with E-state index >= 15 is 0 Å². The fourth-order valence-electron chi connectivity index (χ4n) is 0.653. The Labute approximate surface area is 67.1 Å². The summed E-state index contributed by atoms with van der Waals surface area (Å²) in [4.78, 5) is 10.5. The molecule has 0 aliphatic heterocycles. The van der Waals surface area contributed by atoms with Gasteiger partial charge in [-0.05, 0) is 12.8 Å². The van der Waals surface area contributed by atoms with Gasteiger partial charge in [0.1, 0.15) is 0 Å². The molecule has 0 heterocycles. The highest BCUT2D eigenvalue weighted by molar-refractivity contribution is 5.85. The largest absolute Gasteiger partial charge is 0.350 e. The lowest BCUT2D eigenvalue weighted by Gasteiger charge is -2.08. The summed E-state index contributed by atoms with van der Waals surface area (Å²) in [5.41, 5.74) is 5.95. The number of hydrazone groups is 1. The Morgan fingerprint density at radius 1 is 1.45 bits per heavy atom. The predicted octanol–water partition coefficient (Wildman–Crippen LogP) is 1.17. The van der Waals surface area contributed by atoms with E-state index in [0.29, 0.717) is 0 Å². The molecule has 0 fully saturated rings. The van der Waals surface area contributed by atoms with Crippen molar-refractivity contribution in [3.8, 4) is 0 Å². The Kier molecular flexibility index (Phi) is 4.26. The summed E-state index contributed by atoms with van der Waals surface area (Å²) in [6.07, 6.45) is 1.71. The zero-order valence-corrected chi connectivity index (χ0v) is 7.29. The summed E-state index contributed by atoms with van der Waals surface area (Å²) < 4.78 is 0. The summed E-state index contributed by atoms with van der Waals surface area (Å²) in [6.45, 7) is 3.99. The molecule has 0 atom stereocenters. The van der Waals surface area contributed by atoms with Gasteiger partial charge in [-0.3, -0.25) is 0 Å². The first-order valence-electron chi connectivity index (χ1n) is 3.71. The Morgan fingerprint density at radius 2 is 1.91 bits per heavy atom. The molecule has 0 saturated carbocycles. The SMILES string of the molecule is CCC(CC)=NN(C)C(N)=O. The minimum absolute atomic E-state index is 0.524. The topological polar surface area (TPSA) is 58.7 Å². The first-order chi connectivity index (χ1) is 5.11. The smallest absolute Gasteiger partial charge is 0.334 e. The van der Waals surface area contributed by atoms with E-state index in [1.165, 1.54) is 0 Å². The van der Waals surface area contributed by atoms with E-state index in [4.69, 9.17) is 5.73 Å². The van der Waals surface area contributed by atoms with Gasteiger partial charge in [0, 0.05) is 12.8 Å². The number of rotatable bonds is 3. The molecule has 2 amide bonds. The fourth-order valence-corrected chi connectivity index (χ4v) is 0.653. The monoisotopic (exact) mass is 157 g/mol. The van der Waals surface area contributed by atoms with Gasteiger partial charge in [0.25, 0.3) is 0 Å². The van der Waals surface area contributed by atoms with Crippen molar-refractivity contribution in [1.82, 2.24) is 5.01 Å². The minimum atomic E-state index is -0.524. The third kappa shape index (κ3) is 3.60. The molecule has 0 saturated heterocycles. The van der Waals surface area contributed by atoms with E-state index in [1.807, 2.05) is 13.8 Å². The molecule has 0 unspecified atom stereocenters. The standard InChI is InChI=1S/C7H15N3O/c1-4-6(5-2)9-10(3)7(8)11/h4-5H2,1-3H3,(H2,8,11). The molecule has 4 nitrogen and oxygen atoms in total. The average molecular weight is 157 g/mol. The van der Waals surface area contributed by atoms with Crippen molar-refractivity contribution < 1.29 is 4.79 Å². The van der Waals surface area contributed by atoms with Crippen LogP contribution in [0.15, 0.2) is 5.10 Å². The molecule has 2 N–H and O–H groups in total. The van der Waals surface area contributed by atoms with Crippen LogP contribution >= 0.6 is 0 Å². The van der Waals surface area contributed by atoms with E-state index in [1.54, 1.807) is 7.05 Å². The molecular formula is C7H15N3O. The molecule has 4 heteroatoms. The Hall–Kier alpha value is -1.06. The summed E-state index contributed by atoms with van der Waals surface area (Å²) in [5.74, 6) is 0. The molecule has 0 bridgehead atoms. The van der Waals surface area contributed by atoms with Crippen LogP contribution in [-0.4, -0.2) is 23.8 Å². The second kappa shape index (κ2) is 4.71. The molecule has 0 radical (unpaired) electrons. The lowest BCUT2D eigenvalue weighted by Crippen LogP contribution is -2.28. The van der Waals surface area contributed by atoms with Crippen LogP contribution < -0.4 is 5.73 Å². The van der Waals surface area contributed by atoms with Crippen LogP contribution in [0.2, 0.25) is 0 Å². The highest BCUT2D eigenvalue weighted by Gasteiger charge is 2.00. The van der Waals surface area contributed by atoms with Crippen molar-refractivity contribution in [2.75, 3.05) is 7.05 Å². The van der Waals surface area contributed by atoms with Crippen LogP contribution in [0.3, 0.4) is 0 Å². The molecule has 64 valence electrons. The molecule has 11 heavy (non-hydrogen) atoms. The maximum Gasteiger partial charge on any atom is 0.334 e. The lowest BCUT2D eigenvalue weighted by atomic mass is 10.2. The third-order valence-corrected chi connectivity index (χ3v) is 1.43. The number of nitrogens with zero attached hydrogens (tertiary/aromatic N) is 2. The van der Waals surface area contributed by atoms with Crippen molar-refractivity contribution in [3.63, 3.8) is 0 Å². The van der Waals surface area contributed by atoms with Gasteiger partial charge < -0.3 is 5.73 Å². The predicted molar refractivity (Wildman–Crippen MR) is 45.4 cm³/mol. The summed E-state index contributed by atoms with van der Waals surface area (Å²) in [5, 5.41) is 5.14. The van der Waals surface area contributed by atoms with Gasteiger partial charge in [-0.25, -0.2) is 9.80 Å². The van der Waals surface area contributed by atoms with E-state index in [-0.39, 0.29) is 0 Å². The lowest BCUT2D eigenvalue weighted by molar-refractivity contribution is 0.220. The number of nitrogens with two attached hydrogens (primary N) is 1. The van der Waals surface area contributed by atoms with Gasteiger partial charge >= 0.3 is 6.03 Å². The summed E-state index contributed by atoms with van der Waals surface area (Å²) >= 11 is 0. The summed E-state index contributed by atoms with van der Waals surface area (Å²) in [6, 6.07) is -0.524. The highest BCUT2D eigenvalue weighted by atomic mass is 16.2. The molecule has 0 aliphatic carbocycles. The van der Waals surface area contributed by atoms with Crippen molar-refractivity contribution in [2.24, 2.45) is 10.8 Å². The number of primary amides is 1. The zero-order chi connectivity index (χ0) is 8.85. The van der Waals surface area contributed by atoms with Crippen LogP contribution in [0.4, 0.5) is 4.79 Å². The van der Waals surface area contributed by atoms with Crippen LogP contribution in [0, 0.1) is 0 Å². The second-order valence-electron chi connectivity index (χ2n) is 2.24. The minimum Gasteiger partial charge on any atom is -0.350 e. The van der Waals surface area contributed by atoms with Gasteiger partial charge in [-0.15, -0.1) is 0 Å². The van der Waals surface area contributed by atoms with E-state index in [0.717, 1.165) is 23.6 Å². The number of carbonyl (C=O) groups excluding carboxylic acids is 1. The molecule has 0 aromatic heterocycles. The molecule has 0 spiro atoms. The maximum absolute atomic E-state index is 10.5. The Bertz CT molecular complexity index is 159. The Morgan fingerprint density at radius 3 is 2.18 bits per heavy atom. The number of amides is 2. The van der Waals surface area contributed by atoms with Gasteiger partial charge in [0.05, 0.1) is 0 Å². The molecular weight excluding hydrogens is 142 g/mol. The average Bonchev–Trinajstić information content (AvgIpc) is 1.99. The second-order valence-corrected chi connectivity index (χ2v) is 2.24. The molecule has 0 aromatic rings. The van der Waals surface area contributed by atoms with Crippen LogP contribution in [0.25, 0.3) is 0 Å². The fraction of sp³-hybridized carbons (Fsp3) is 0.714. The van der Waals surface area contributed by atoms with E-state index in [9.17, 15) is 4.79 Å². The van der Waals surface area contributed by atoms with E-state index in [2.05, 4.69) is 5.10 Å². The normalized spacial score (nSPS) is 9.00. The van der Waals surface area contributed by atoms with Gasteiger partial charge in [0.15, 0.2) is 0 Å². The van der Waals surface area contributed by atoms with Crippen molar-refractivity contribution in [2.45, 2.75) is 26.7 Å². The highest BCUT2D eigenvalue weighted by Crippen LogP contribution is 1.94. The third-order valence-electron chi connectivity index (χ3n) is 1.43. The zero-order valence-electron chi connectivity index (χ0n) is 7.29. The quantitative estimate of drug-likeness (QED) is 0.485. The van der Waals surface area contributed by atoms with E-state index < -0.39 is 6.03 Å². The summed E-state index contributed by atoms with van der Waals surface area (Å²) in [7, 11) is 1.55. The number of hydrogen-bond acceptors (Lipinski definition) is 2. The molecule has 0 aliphatic rings. The maximum atomic E-state index is 10.5. The van der Waals surface area contributed by atoms with Crippen molar-refractivity contribution >= 4 is 11.7 Å². The molecule has 0 rings (SSSR count). The van der Waals surface area contributed by atoms with Crippen LogP contribution in [-0.2, 0) is 0 Å². The number of carbonyl (C=O) groups is 1. The number of hydrogen-bond donors (Lipinski definition) is 1. The first-order valence-corrected chi connectivity index (χ1v) is 3.71. The van der Waals surface area contributed by atoms with Crippen molar-refractivity contribution in [3.05, 3.63) is 0 Å². The van der Waals surface area contributed by atoms with Crippen LogP contribution in [0.1, 0.15) is 26.7 Å². The van der Waals surface area contributed by atoms with Crippen LogP contribution in [0.5, 0.6) is 0 Å². The van der Waals surface area contributed by atoms with Gasteiger partial charge in [-0.2, -0.15) is 5.10 Å². The molecule has 0 aromatic carbocycles. The van der Waals surface area contributed by atoms with Crippen molar-refractivity contribution in [1.29, 1.82) is 0 Å². The van der Waals surface area contributed by atoms with Gasteiger partial charge in [-0.1, -0.05) is 13.8 Å².